The molecule has 3 rings (SSSR count). The van der Waals surface area contributed by atoms with Gasteiger partial charge in [0.2, 0.25) is 0 Å². The van der Waals surface area contributed by atoms with Crippen LogP contribution in [0.4, 0.5) is 5.82 Å². The molecule has 0 radical (unpaired) electrons. The molecule has 0 aliphatic heterocycles. The normalized spacial score (nSPS) is 10.4. The highest BCUT2D eigenvalue weighted by Crippen LogP contribution is 2.15. The molecule has 26 heavy (non-hydrogen) atoms. The molecule has 2 amide bonds. The van der Waals surface area contributed by atoms with Crippen LogP contribution in [0.5, 0.6) is 5.75 Å². The number of hydrogen-bond acceptors (Lipinski definition) is 5. The van der Waals surface area contributed by atoms with Crippen molar-refractivity contribution in [3.63, 3.8) is 0 Å². The van der Waals surface area contributed by atoms with Crippen LogP contribution in [0, 0.1) is 0 Å². The number of nitrogens with one attached hydrogen (secondary N) is 2. The van der Waals surface area contributed by atoms with Crippen molar-refractivity contribution in [2.24, 2.45) is 7.05 Å². The number of aryl methyl sites for hydroxylation is 1. The Labute approximate surface area is 154 Å². The van der Waals surface area contributed by atoms with Crippen LogP contribution < -0.4 is 15.4 Å². The first-order valence-electron chi connectivity index (χ1n) is 7.87. The predicted octanol–water partition coefficient (Wildman–Crippen LogP) is 2.67. The smallest absolute Gasteiger partial charge is 0.272 e. The van der Waals surface area contributed by atoms with Crippen molar-refractivity contribution >= 4 is 29.0 Å². The van der Waals surface area contributed by atoms with Crippen LogP contribution in [0.3, 0.4) is 0 Å². The average molecular weight is 370 g/mol. The number of methoxy groups -OCH3 is 1. The Kier molecular flexibility index (Phi) is 5.33. The van der Waals surface area contributed by atoms with E-state index >= 15 is 0 Å². The molecule has 3 aromatic rings. The number of ether oxygens (including phenoxy) is 1. The van der Waals surface area contributed by atoms with Crippen molar-refractivity contribution in [2.45, 2.75) is 6.54 Å². The highest BCUT2D eigenvalue weighted by molar-refractivity contribution is 7.12. The summed E-state index contributed by atoms with van der Waals surface area (Å²) < 4.78 is 6.57. The van der Waals surface area contributed by atoms with E-state index < -0.39 is 0 Å². The lowest BCUT2D eigenvalue weighted by Gasteiger charge is -2.04. The standard InChI is InChI=1S/C18H18N4O3S/c1-22-16(20-18(24)15-4-3-9-26-15)10-14(21-22)17(23)19-11-12-5-7-13(25-2)8-6-12/h3-10H,11H2,1-2H3,(H,19,23)(H,20,24). The van der Waals surface area contributed by atoms with Crippen molar-refractivity contribution in [3.8, 4) is 5.75 Å². The lowest BCUT2D eigenvalue weighted by atomic mass is 10.2. The van der Waals surface area contributed by atoms with Crippen LogP contribution in [0.15, 0.2) is 47.8 Å². The quantitative estimate of drug-likeness (QED) is 0.699. The van der Waals surface area contributed by atoms with Crippen molar-refractivity contribution in [1.82, 2.24) is 15.1 Å². The van der Waals surface area contributed by atoms with Gasteiger partial charge in [-0.2, -0.15) is 5.10 Å². The van der Waals surface area contributed by atoms with Crippen molar-refractivity contribution in [2.75, 3.05) is 12.4 Å². The molecule has 0 saturated carbocycles. The Morgan fingerprint density at radius 3 is 2.62 bits per heavy atom. The first-order chi connectivity index (χ1) is 12.6. The largest absolute Gasteiger partial charge is 0.497 e. The van der Waals surface area contributed by atoms with E-state index in [0.29, 0.717) is 17.2 Å². The first kappa shape index (κ1) is 17.7. The minimum atomic E-state index is -0.312. The zero-order valence-corrected chi connectivity index (χ0v) is 15.2. The van der Waals surface area contributed by atoms with Gasteiger partial charge in [-0.1, -0.05) is 18.2 Å². The minimum Gasteiger partial charge on any atom is -0.497 e. The van der Waals surface area contributed by atoms with E-state index in [9.17, 15) is 9.59 Å². The topological polar surface area (TPSA) is 85.3 Å². The second-order valence-corrected chi connectivity index (χ2v) is 6.45. The number of carbonyl (C=O) groups excluding carboxylic acids is 2. The SMILES string of the molecule is COc1ccc(CNC(=O)c2cc(NC(=O)c3cccs3)n(C)n2)cc1. The number of benzene rings is 1. The number of aromatic nitrogens is 2. The molecule has 2 aromatic heterocycles. The van der Waals surface area contributed by atoms with E-state index in [-0.39, 0.29) is 17.5 Å². The van der Waals surface area contributed by atoms with Gasteiger partial charge in [-0.05, 0) is 29.1 Å². The monoisotopic (exact) mass is 370 g/mol. The van der Waals surface area contributed by atoms with Gasteiger partial charge in [0, 0.05) is 19.7 Å². The second-order valence-electron chi connectivity index (χ2n) is 5.50. The van der Waals surface area contributed by atoms with Crippen molar-refractivity contribution in [3.05, 3.63) is 64.0 Å². The summed E-state index contributed by atoms with van der Waals surface area (Å²) in [5.41, 5.74) is 1.18. The molecule has 7 nitrogen and oxygen atoms in total. The highest BCUT2D eigenvalue weighted by Gasteiger charge is 2.15. The summed E-state index contributed by atoms with van der Waals surface area (Å²) in [6.45, 7) is 0.371. The molecular formula is C18H18N4O3S. The van der Waals surface area contributed by atoms with Crippen LogP contribution >= 0.6 is 11.3 Å². The van der Waals surface area contributed by atoms with E-state index in [4.69, 9.17) is 4.74 Å². The fourth-order valence-electron chi connectivity index (χ4n) is 2.30. The van der Waals surface area contributed by atoms with E-state index in [1.54, 1.807) is 32.4 Å². The van der Waals surface area contributed by atoms with Gasteiger partial charge in [0.05, 0.1) is 12.0 Å². The molecule has 0 atom stereocenters. The van der Waals surface area contributed by atoms with Gasteiger partial charge in [-0.25, -0.2) is 0 Å². The summed E-state index contributed by atoms with van der Waals surface area (Å²) in [6.07, 6.45) is 0. The highest BCUT2D eigenvalue weighted by atomic mass is 32.1. The molecule has 2 N–H and O–H groups in total. The Morgan fingerprint density at radius 1 is 1.19 bits per heavy atom. The number of hydrogen-bond donors (Lipinski definition) is 2. The third-order valence-corrected chi connectivity index (χ3v) is 4.58. The number of thiophene rings is 1. The molecular weight excluding hydrogens is 352 g/mol. The third-order valence-electron chi connectivity index (χ3n) is 3.71. The molecule has 0 saturated heterocycles. The van der Waals surface area contributed by atoms with Gasteiger partial charge >= 0.3 is 0 Å². The molecule has 0 fully saturated rings. The minimum absolute atomic E-state index is 0.229. The van der Waals surface area contributed by atoms with Gasteiger partial charge in [0.15, 0.2) is 5.69 Å². The maximum atomic E-state index is 12.3. The summed E-state index contributed by atoms with van der Waals surface area (Å²) in [4.78, 5) is 25.0. The van der Waals surface area contributed by atoms with Gasteiger partial charge in [0.1, 0.15) is 11.6 Å². The Bertz CT molecular complexity index is 901. The van der Waals surface area contributed by atoms with Gasteiger partial charge in [-0.3, -0.25) is 14.3 Å². The number of nitrogens with zero attached hydrogens (tertiary/aromatic N) is 2. The molecule has 0 aliphatic rings. The maximum absolute atomic E-state index is 12.3. The van der Waals surface area contributed by atoms with Crippen LogP contribution in [-0.4, -0.2) is 28.7 Å². The van der Waals surface area contributed by atoms with E-state index in [1.807, 2.05) is 29.6 Å². The van der Waals surface area contributed by atoms with Crippen LogP contribution in [-0.2, 0) is 13.6 Å². The summed E-state index contributed by atoms with van der Waals surface area (Å²) >= 11 is 1.35. The third kappa shape index (κ3) is 4.09. The zero-order valence-electron chi connectivity index (χ0n) is 14.4. The Morgan fingerprint density at radius 2 is 1.96 bits per heavy atom. The average Bonchev–Trinajstić information content (AvgIpc) is 3.31. The zero-order chi connectivity index (χ0) is 18.5. The molecule has 0 bridgehead atoms. The fraction of sp³-hybridized carbons (Fsp3) is 0.167. The lowest BCUT2D eigenvalue weighted by molar-refractivity contribution is 0.0944. The molecule has 8 heteroatoms. The predicted molar refractivity (Wildman–Crippen MR) is 99.6 cm³/mol. The number of amides is 2. The fourth-order valence-corrected chi connectivity index (χ4v) is 2.92. The number of rotatable bonds is 6. The number of anilines is 1. The molecule has 0 spiro atoms. The lowest BCUT2D eigenvalue weighted by Crippen LogP contribution is -2.23. The molecule has 134 valence electrons. The molecule has 0 unspecified atom stereocenters. The maximum Gasteiger partial charge on any atom is 0.272 e. The van der Waals surface area contributed by atoms with E-state index in [0.717, 1.165) is 11.3 Å². The van der Waals surface area contributed by atoms with Crippen molar-refractivity contribution < 1.29 is 14.3 Å². The second kappa shape index (κ2) is 7.83. The molecule has 0 aliphatic carbocycles. The Balaban J connectivity index is 1.61. The summed E-state index contributed by atoms with van der Waals surface area (Å²) in [7, 11) is 3.27. The van der Waals surface area contributed by atoms with E-state index in [2.05, 4.69) is 15.7 Å². The van der Waals surface area contributed by atoms with Gasteiger partial charge in [0.25, 0.3) is 11.8 Å². The number of carbonyl (C=O) groups is 2. The van der Waals surface area contributed by atoms with E-state index in [1.165, 1.54) is 16.0 Å². The van der Waals surface area contributed by atoms with Crippen LogP contribution in [0.2, 0.25) is 0 Å². The summed E-state index contributed by atoms with van der Waals surface area (Å²) in [5.74, 6) is 0.676. The van der Waals surface area contributed by atoms with Gasteiger partial charge in [-0.15, -0.1) is 11.3 Å². The summed E-state index contributed by atoms with van der Waals surface area (Å²) in [6, 6.07) is 12.5. The first-order valence-corrected chi connectivity index (χ1v) is 8.75. The van der Waals surface area contributed by atoms with Crippen LogP contribution in [0.1, 0.15) is 25.7 Å². The van der Waals surface area contributed by atoms with Gasteiger partial charge < -0.3 is 15.4 Å². The molecule has 2 heterocycles. The Hall–Kier alpha value is -3.13. The summed E-state index contributed by atoms with van der Waals surface area (Å²) in [5, 5.41) is 11.5. The van der Waals surface area contributed by atoms with Crippen LogP contribution in [0.25, 0.3) is 0 Å². The van der Waals surface area contributed by atoms with Crippen molar-refractivity contribution in [1.29, 1.82) is 0 Å². The molecule has 1 aromatic carbocycles.